The summed E-state index contributed by atoms with van der Waals surface area (Å²) in [4.78, 5) is 18.2. The molecule has 0 aliphatic heterocycles. The number of hydrogen-bond donors (Lipinski definition) is 0. The molecule has 1 aromatic heterocycles. The molecule has 0 aliphatic rings. The number of hydrogen-bond acceptors (Lipinski definition) is 3. The molecule has 29 heavy (non-hydrogen) atoms. The van der Waals surface area contributed by atoms with E-state index in [0.717, 1.165) is 17.7 Å². The summed E-state index contributed by atoms with van der Waals surface area (Å²) >= 11 is 12.1. The molecular weight excluding hydrogens is 421 g/mol. The van der Waals surface area contributed by atoms with E-state index in [1.165, 1.54) is 12.3 Å². The van der Waals surface area contributed by atoms with E-state index in [9.17, 15) is 13.6 Å². The van der Waals surface area contributed by atoms with Crippen molar-refractivity contribution in [2.24, 2.45) is 0 Å². The topological polar surface area (TPSA) is 46.3 Å². The summed E-state index contributed by atoms with van der Waals surface area (Å²) in [5, 5.41) is 1.000. The molecular formula is C21H18Cl2F2N2O2. The van der Waals surface area contributed by atoms with Gasteiger partial charge >= 0.3 is 0 Å². The molecule has 1 amide bonds. The third-order valence-electron chi connectivity index (χ3n) is 4.70. The van der Waals surface area contributed by atoms with Gasteiger partial charge in [0.2, 0.25) is 5.91 Å². The highest BCUT2D eigenvalue weighted by Gasteiger charge is 2.21. The molecule has 0 saturated heterocycles. The monoisotopic (exact) mass is 438 g/mol. The SMILES string of the molecule is CC(c1ccc(Cl)cc1Cl)N(C)C(=O)CCc1ncc(-c2c(F)cccc2F)o1. The van der Waals surface area contributed by atoms with E-state index >= 15 is 0 Å². The summed E-state index contributed by atoms with van der Waals surface area (Å²) in [6, 6.07) is 8.41. The van der Waals surface area contributed by atoms with Crippen molar-refractivity contribution in [3.05, 3.63) is 75.7 Å². The Morgan fingerprint density at radius 1 is 1.21 bits per heavy atom. The molecule has 1 unspecified atom stereocenters. The molecule has 0 spiro atoms. The Kier molecular flexibility index (Phi) is 6.55. The van der Waals surface area contributed by atoms with Crippen molar-refractivity contribution in [1.82, 2.24) is 9.88 Å². The summed E-state index contributed by atoms with van der Waals surface area (Å²) in [5.41, 5.74) is 0.501. The Balaban J connectivity index is 1.65. The van der Waals surface area contributed by atoms with Crippen LogP contribution in [0.1, 0.15) is 30.8 Å². The van der Waals surface area contributed by atoms with Crippen molar-refractivity contribution < 1.29 is 18.0 Å². The van der Waals surface area contributed by atoms with Crippen molar-refractivity contribution in [1.29, 1.82) is 0 Å². The molecule has 152 valence electrons. The predicted octanol–water partition coefficient (Wildman–Crippen LogP) is 6.08. The minimum Gasteiger partial charge on any atom is -0.441 e. The van der Waals surface area contributed by atoms with Crippen molar-refractivity contribution >= 4 is 29.1 Å². The van der Waals surface area contributed by atoms with E-state index in [-0.39, 0.29) is 42.0 Å². The van der Waals surface area contributed by atoms with Crippen LogP contribution in [-0.4, -0.2) is 22.8 Å². The molecule has 0 saturated carbocycles. The number of oxazole rings is 1. The Hall–Kier alpha value is -2.44. The van der Waals surface area contributed by atoms with Crippen LogP contribution in [0, 0.1) is 11.6 Å². The Morgan fingerprint density at radius 3 is 2.55 bits per heavy atom. The molecule has 0 N–H and O–H groups in total. The van der Waals surface area contributed by atoms with E-state index in [1.807, 2.05) is 6.92 Å². The lowest BCUT2D eigenvalue weighted by atomic mass is 10.1. The Labute approximate surface area is 177 Å². The standard InChI is InChI=1S/C21H18Cl2F2N2O2/c1-12(14-7-6-13(22)10-15(14)23)27(2)20(28)9-8-19-26-11-18(29-19)21-16(24)4-3-5-17(21)25/h3-7,10-12H,8-9H2,1-2H3. The van der Waals surface area contributed by atoms with Gasteiger partial charge < -0.3 is 9.32 Å². The maximum Gasteiger partial charge on any atom is 0.223 e. The fourth-order valence-electron chi connectivity index (χ4n) is 2.93. The minimum atomic E-state index is -0.739. The number of carbonyl (C=O) groups is 1. The van der Waals surface area contributed by atoms with Crippen LogP contribution in [0.4, 0.5) is 8.78 Å². The van der Waals surface area contributed by atoms with Crippen LogP contribution in [0.15, 0.2) is 47.0 Å². The highest BCUT2D eigenvalue weighted by Crippen LogP contribution is 2.30. The number of aromatic nitrogens is 1. The molecule has 3 aromatic rings. The smallest absolute Gasteiger partial charge is 0.223 e. The number of carbonyl (C=O) groups excluding carboxylic acids is 1. The van der Waals surface area contributed by atoms with Crippen LogP contribution in [0.3, 0.4) is 0 Å². The normalized spacial score (nSPS) is 12.1. The lowest BCUT2D eigenvalue weighted by molar-refractivity contribution is -0.131. The van der Waals surface area contributed by atoms with Gasteiger partial charge in [-0.05, 0) is 36.8 Å². The molecule has 0 aliphatic carbocycles. The first kappa shape index (κ1) is 21.3. The first-order chi connectivity index (χ1) is 13.8. The highest BCUT2D eigenvalue weighted by atomic mass is 35.5. The van der Waals surface area contributed by atoms with Gasteiger partial charge in [0.05, 0.1) is 17.8 Å². The van der Waals surface area contributed by atoms with E-state index in [2.05, 4.69) is 4.98 Å². The Bertz CT molecular complexity index is 1020. The lowest BCUT2D eigenvalue weighted by Gasteiger charge is -2.26. The second kappa shape index (κ2) is 8.93. The van der Waals surface area contributed by atoms with Gasteiger partial charge in [0.25, 0.3) is 0 Å². The molecule has 0 bridgehead atoms. The second-order valence-electron chi connectivity index (χ2n) is 6.56. The molecule has 1 heterocycles. The van der Waals surface area contributed by atoms with Crippen LogP contribution in [0.25, 0.3) is 11.3 Å². The zero-order valence-corrected chi connectivity index (χ0v) is 17.3. The van der Waals surface area contributed by atoms with Gasteiger partial charge in [0.1, 0.15) is 11.6 Å². The molecule has 2 aromatic carbocycles. The van der Waals surface area contributed by atoms with E-state index in [1.54, 1.807) is 30.1 Å². The van der Waals surface area contributed by atoms with Crippen LogP contribution < -0.4 is 0 Å². The fourth-order valence-corrected chi connectivity index (χ4v) is 3.50. The first-order valence-electron chi connectivity index (χ1n) is 8.87. The highest BCUT2D eigenvalue weighted by molar-refractivity contribution is 6.35. The van der Waals surface area contributed by atoms with Crippen LogP contribution in [0.5, 0.6) is 0 Å². The van der Waals surface area contributed by atoms with E-state index in [4.69, 9.17) is 27.6 Å². The third-order valence-corrected chi connectivity index (χ3v) is 5.26. The molecule has 0 radical (unpaired) electrons. The number of nitrogens with zero attached hydrogens (tertiary/aromatic N) is 2. The maximum atomic E-state index is 13.9. The van der Waals surface area contributed by atoms with Crippen molar-refractivity contribution in [2.75, 3.05) is 7.05 Å². The number of rotatable bonds is 6. The van der Waals surface area contributed by atoms with Crippen molar-refractivity contribution in [2.45, 2.75) is 25.8 Å². The largest absolute Gasteiger partial charge is 0.441 e. The van der Waals surface area contributed by atoms with Crippen LogP contribution >= 0.6 is 23.2 Å². The third kappa shape index (κ3) is 4.77. The quantitative estimate of drug-likeness (QED) is 0.468. The fraction of sp³-hybridized carbons (Fsp3) is 0.238. The zero-order chi connectivity index (χ0) is 21.1. The number of halogens is 4. The Morgan fingerprint density at radius 2 is 1.90 bits per heavy atom. The van der Waals surface area contributed by atoms with Crippen molar-refractivity contribution in [3.63, 3.8) is 0 Å². The van der Waals surface area contributed by atoms with Gasteiger partial charge in [0, 0.05) is 29.9 Å². The minimum absolute atomic E-state index is 0.0160. The van der Waals surface area contributed by atoms with Gasteiger partial charge in [-0.1, -0.05) is 35.3 Å². The first-order valence-corrected chi connectivity index (χ1v) is 9.63. The van der Waals surface area contributed by atoms with Crippen LogP contribution in [-0.2, 0) is 11.2 Å². The van der Waals surface area contributed by atoms with E-state index in [0.29, 0.717) is 10.0 Å². The predicted molar refractivity (Wildman–Crippen MR) is 108 cm³/mol. The lowest BCUT2D eigenvalue weighted by Crippen LogP contribution is -2.30. The summed E-state index contributed by atoms with van der Waals surface area (Å²) in [7, 11) is 1.67. The van der Waals surface area contributed by atoms with Gasteiger partial charge in [-0.15, -0.1) is 0 Å². The van der Waals surface area contributed by atoms with Gasteiger partial charge in [-0.3, -0.25) is 4.79 Å². The van der Waals surface area contributed by atoms with Crippen LogP contribution in [0.2, 0.25) is 10.0 Å². The van der Waals surface area contributed by atoms with E-state index < -0.39 is 11.6 Å². The summed E-state index contributed by atoms with van der Waals surface area (Å²) in [6.45, 7) is 1.86. The second-order valence-corrected chi connectivity index (χ2v) is 7.40. The number of amides is 1. The maximum absolute atomic E-state index is 13.9. The average Bonchev–Trinajstić information content (AvgIpc) is 3.13. The molecule has 0 fully saturated rings. The number of benzene rings is 2. The average molecular weight is 439 g/mol. The molecule has 8 heteroatoms. The molecule has 4 nitrogen and oxygen atoms in total. The zero-order valence-electron chi connectivity index (χ0n) is 15.8. The summed E-state index contributed by atoms with van der Waals surface area (Å²) < 4.78 is 33.2. The number of aryl methyl sites for hydroxylation is 1. The molecule has 1 atom stereocenters. The van der Waals surface area contributed by atoms with Crippen molar-refractivity contribution in [3.8, 4) is 11.3 Å². The summed E-state index contributed by atoms with van der Waals surface area (Å²) in [6.07, 6.45) is 1.56. The van der Waals surface area contributed by atoms with Gasteiger partial charge in [0.15, 0.2) is 11.7 Å². The van der Waals surface area contributed by atoms with Gasteiger partial charge in [-0.25, -0.2) is 13.8 Å². The van der Waals surface area contributed by atoms with Gasteiger partial charge in [-0.2, -0.15) is 0 Å². The molecule has 3 rings (SSSR count). The summed E-state index contributed by atoms with van der Waals surface area (Å²) in [5.74, 6) is -1.42.